The highest BCUT2D eigenvalue weighted by Gasteiger charge is 2.02. The van der Waals surface area contributed by atoms with Crippen molar-refractivity contribution >= 4 is 5.97 Å². The molecule has 0 aliphatic rings. The van der Waals surface area contributed by atoms with Crippen LogP contribution in [0, 0.1) is 11.3 Å². The molecule has 0 spiro atoms. The number of unbranched alkanes of at least 4 members (excludes halogenated alkanes) is 3. The van der Waals surface area contributed by atoms with E-state index in [9.17, 15) is 4.79 Å². The van der Waals surface area contributed by atoms with Crippen molar-refractivity contribution < 1.29 is 9.90 Å². The quantitative estimate of drug-likeness (QED) is 0.305. The molecule has 0 aromatic rings. The van der Waals surface area contributed by atoms with E-state index in [4.69, 9.17) is 10.4 Å². The molecule has 0 amide bonds. The summed E-state index contributed by atoms with van der Waals surface area (Å²) in [5, 5.41) is 17.1. The summed E-state index contributed by atoms with van der Waals surface area (Å²) in [6, 6.07) is 1.63. The second kappa shape index (κ2) is 10.3. The van der Waals surface area contributed by atoms with E-state index in [1.54, 1.807) is 18.2 Å². The monoisotopic (exact) mass is 247 g/mol. The molecular formula is C15H21NO2. The average Bonchev–Trinajstić information content (AvgIpc) is 2.34. The summed E-state index contributed by atoms with van der Waals surface area (Å²) in [6.07, 6.45) is 12.6. The molecule has 0 bridgehead atoms. The summed E-state index contributed by atoms with van der Waals surface area (Å²) in [7, 11) is 0. The van der Waals surface area contributed by atoms with Crippen LogP contribution in [-0.2, 0) is 4.79 Å². The lowest BCUT2D eigenvalue weighted by Crippen LogP contribution is -1.96. The molecule has 0 aliphatic heterocycles. The third-order valence-corrected chi connectivity index (χ3v) is 2.53. The van der Waals surface area contributed by atoms with Gasteiger partial charge >= 0.3 is 5.97 Å². The molecule has 0 rings (SSSR count). The molecule has 3 nitrogen and oxygen atoms in total. The van der Waals surface area contributed by atoms with Crippen LogP contribution in [0.25, 0.3) is 0 Å². The molecule has 0 aliphatic carbocycles. The van der Waals surface area contributed by atoms with E-state index in [0.717, 1.165) is 6.42 Å². The maximum Gasteiger partial charge on any atom is 0.346 e. The fourth-order valence-electron chi connectivity index (χ4n) is 1.44. The van der Waals surface area contributed by atoms with Gasteiger partial charge in [-0.05, 0) is 25.8 Å². The molecule has 98 valence electrons. The SMILES string of the molecule is CCCCCC\C(C)=C/C=C/C=C(\C#N)C(=O)O. The lowest BCUT2D eigenvalue weighted by Gasteiger charge is -1.99. The third-order valence-electron chi connectivity index (χ3n) is 2.53. The van der Waals surface area contributed by atoms with E-state index >= 15 is 0 Å². The van der Waals surface area contributed by atoms with Crippen LogP contribution in [0.1, 0.15) is 46.0 Å². The normalized spacial score (nSPS) is 12.7. The molecule has 0 unspecified atom stereocenters. The van der Waals surface area contributed by atoms with Gasteiger partial charge in [0, 0.05) is 0 Å². The average molecular weight is 247 g/mol. The summed E-state index contributed by atoms with van der Waals surface area (Å²) in [5.74, 6) is -1.19. The highest BCUT2D eigenvalue weighted by molar-refractivity contribution is 5.91. The Labute approximate surface area is 109 Å². The molecule has 18 heavy (non-hydrogen) atoms. The summed E-state index contributed by atoms with van der Waals surface area (Å²) in [4.78, 5) is 10.5. The van der Waals surface area contributed by atoms with Crippen molar-refractivity contribution in [3.63, 3.8) is 0 Å². The van der Waals surface area contributed by atoms with Crippen LogP contribution < -0.4 is 0 Å². The van der Waals surface area contributed by atoms with Crippen LogP contribution in [0.3, 0.4) is 0 Å². The minimum atomic E-state index is -1.19. The minimum absolute atomic E-state index is 0.250. The van der Waals surface area contributed by atoms with Gasteiger partial charge < -0.3 is 5.11 Å². The fraction of sp³-hybridized carbons (Fsp3) is 0.467. The van der Waals surface area contributed by atoms with Crippen molar-refractivity contribution in [1.29, 1.82) is 5.26 Å². The number of nitrogens with zero attached hydrogens (tertiary/aromatic N) is 1. The van der Waals surface area contributed by atoms with Crippen LogP contribution in [0.4, 0.5) is 0 Å². The van der Waals surface area contributed by atoms with Gasteiger partial charge in [0.1, 0.15) is 11.6 Å². The van der Waals surface area contributed by atoms with Gasteiger partial charge in [0.2, 0.25) is 0 Å². The number of carbonyl (C=O) groups is 1. The van der Waals surface area contributed by atoms with Gasteiger partial charge in [-0.15, -0.1) is 0 Å². The largest absolute Gasteiger partial charge is 0.477 e. The van der Waals surface area contributed by atoms with Crippen LogP contribution in [0.5, 0.6) is 0 Å². The number of aliphatic carboxylic acids is 1. The first-order valence-electron chi connectivity index (χ1n) is 6.29. The molecule has 0 aromatic heterocycles. The van der Waals surface area contributed by atoms with Crippen LogP contribution >= 0.6 is 0 Å². The second-order valence-electron chi connectivity index (χ2n) is 4.21. The lowest BCUT2D eigenvalue weighted by molar-refractivity contribution is -0.132. The Morgan fingerprint density at radius 2 is 1.89 bits per heavy atom. The molecule has 0 atom stereocenters. The summed E-state index contributed by atoms with van der Waals surface area (Å²) in [5.41, 5.74) is 1.02. The summed E-state index contributed by atoms with van der Waals surface area (Å²) < 4.78 is 0. The Kier molecular flexibility index (Phi) is 9.30. The van der Waals surface area contributed by atoms with Crippen LogP contribution in [0.2, 0.25) is 0 Å². The van der Waals surface area contributed by atoms with Gasteiger partial charge in [0.05, 0.1) is 0 Å². The van der Waals surface area contributed by atoms with Crippen LogP contribution in [0.15, 0.2) is 35.5 Å². The fourth-order valence-corrected chi connectivity index (χ4v) is 1.44. The topological polar surface area (TPSA) is 61.1 Å². The van der Waals surface area contributed by atoms with Crippen molar-refractivity contribution in [1.82, 2.24) is 0 Å². The molecule has 3 heteroatoms. The smallest absolute Gasteiger partial charge is 0.346 e. The van der Waals surface area contributed by atoms with Crippen molar-refractivity contribution in [2.24, 2.45) is 0 Å². The Bertz CT molecular complexity index is 384. The molecule has 0 aromatic carbocycles. The van der Waals surface area contributed by atoms with Crippen molar-refractivity contribution in [3.8, 4) is 6.07 Å². The van der Waals surface area contributed by atoms with Gasteiger partial charge in [-0.3, -0.25) is 0 Å². The van der Waals surface area contributed by atoms with E-state index < -0.39 is 5.97 Å². The number of carboxylic acids is 1. The Morgan fingerprint density at radius 3 is 2.44 bits per heavy atom. The lowest BCUT2D eigenvalue weighted by atomic mass is 10.1. The van der Waals surface area contributed by atoms with Gasteiger partial charge in [-0.1, -0.05) is 50.0 Å². The number of allylic oxidation sites excluding steroid dienone is 5. The maximum absolute atomic E-state index is 10.5. The predicted molar refractivity (Wildman–Crippen MR) is 73.0 cm³/mol. The standard InChI is InChI=1S/C15H21NO2/c1-3-4-5-6-9-13(2)10-7-8-11-14(12-16)15(17)18/h7-8,10-11H,3-6,9H2,1-2H3,(H,17,18)/b8-7+,13-10-,14-11+. The molecule has 0 saturated heterocycles. The molecule has 1 N–H and O–H groups in total. The zero-order valence-corrected chi connectivity index (χ0v) is 11.1. The maximum atomic E-state index is 10.5. The summed E-state index contributed by atoms with van der Waals surface area (Å²) in [6.45, 7) is 4.25. The molecule has 0 heterocycles. The van der Waals surface area contributed by atoms with E-state index in [1.165, 1.54) is 37.3 Å². The number of carboxylic acid groups (broad SMARTS) is 1. The van der Waals surface area contributed by atoms with Crippen molar-refractivity contribution in [2.45, 2.75) is 46.0 Å². The Hall–Kier alpha value is -1.82. The predicted octanol–water partition coefficient (Wildman–Crippen LogP) is 3.99. The molecule has 0 radical (unpaired) electrons. The van der Waals surface area contributed by atoms with Gasteiger partial charge in [-0.25, -0.2) is 4.79 Å². The van der Waals surface area contributed by atoms with Crippen LogP contribution in [-0.4, -0.2) is 11.1 Å². The van der Waals surface area contributed by atoms with E-state index in [0.29, 0.717) is 0 Å². The summed E-state index contributed by atoms with van der Waals surface area (Å²) >= 11 is 0. The third kappa shape index (κ3) is 8.35. The highest BCUT2D eigenvalue weighted by atomic mass is 16.4. The molecule has 0 saturated carbocycles. The highest BCUT2D eigenvalue weighted by Crippen LogP contribution is 2.09. The minimum Gasteiger partial charge on any atom is -0.477 e. The second-order valence-corrected chi connectivity index (χ2v) is 4.21. The first-order valence-corrected chi connectivity index (χ1v) is 6.29. The zero-order valence-electron chi connectivity index (χ0n) is 11.1. The first-order chi connectivity index (χ1) is 8.61. The number of rotatable bonds is 8. The molecular weight excluding hydrogens is 226 g/mol. The Balaban J connectivity index is 4.13. The number of nitriles is 1. The molecule has 0 fully saturated rings. The first kappa shape index (κ1) is 16.2. The van der Waals surface area contributed by atoms with Gasteiger partial charge in [-0.2, -0.15) is 5.26 Å². The van der Waals surface area contributed by atoms with E-state index in [-0.39, 0.29) is 5.57 Å². The Morgan fingerprint density at radius 1 is 1.22 bits per heavy atom. The van der Waals surface area contributed by atoms with Crippen molar-refractivity contribution in [2.75, 3.05) is 0 Å². The number of hydrogen-bond acceptors (Lipinski definition) is 2. The van der Waals surface area contributed by atoms with Crippen molar-refractivity contribution in [3.05, 3.63) is 35.5 Å². The zero-order chi connectivity index (χ0) is 13.8. The number of hydrogen-bond donors (Lipinski definition) is 1. The van der Waals surface area contributed by atoms with Gasteiger partial charge in [0.25, 0.3) is 0 Å². The van der Waals surface area contributed by atoms with Gasteiger partial charge in [0.15, 0.2) is 0 Å². The van der Waals surface area contributed by atoms with E-state index in [2.05, 4.69) is 13.8 Å². The van der Waals surface area contributed by atoms with E-state index in [1.807, 2.05) is 6.08 Å².